The van der Waals surface area contributed by atoms with E-state index in [4.69, 9.17) is 9.37 Å². The zero-order valence-electron chi connectivity index (χ0n) is 21.4. The number of hydrogen-bond acceptors (Lipinski definition) is 8. The second-order valence-corrected chi connectivity index (χ2v) is 10.3. The first-order chi connectivity index (χ1) is 19.1. The average molecular weight is 524 g/mol. The van der Waals surface area contributed by atoms with Crippen molar-refractivity contribution < 1.29 is 19.3 Å². The highest BCUT2D eigenvalue weighted by molar-refractivity contribution is 5.97. The van der Waals surface area contributed by atoms with Crippen molar-refractivity contribution in [2.75, 3.05) is 19.6 Å². The lowest BCUT2D eigenvalue weighted by molar-refractivity contribution is 0.0433. The van der Waals surface area contributed by atoms with Crippen LogP contribution >= 0.6 is 0 Å². The fourth-order valence-corrected chi connectivity index (χ4v) is 5.83. The number of carbonyl (C=O) groups excluding carboxylic acids is 1. The van der Waals surface area contributed by atoms with E-state index in [2.05, 4.69) is 21.3 Å². The molecule has 6 rings (SSSR count). The number of phenols is 1. The van der Waals surface area contributed by atoms with Gasteiger partial charge in [-0.2, -0.15) is 5.26 Å². The van der Waals surface area contributed by atoms with Gasteiger partial charge in [0.2, 0.25) is 0 Å². The van der Waals surface area contributed by atoms with E-state index in [1.807, 2.05) is 29.2 Å². The number of hydrogen-bond donors (Lipinski definition) is 1. The number of carbonyl (C=O) groups is 1. The van der Waals surface area contributed by atoms with Gasteiger partial charge < -0.3 is 14.7 Å². The second kappa shape index (κ2) is 10.8. The summed E-state index contributed by atoms with van der Waals surface area (Å²) >= 11 is 0. The molecule has 2 fully saturated rings. The fourth-order valence-electron chi connectivity index (χ4n) is 5.83. The average Bonchev–Trinajstić information content (AvgIpc) is 3.53. The number of nitrogens with zero attached hydrogens (tertiary/aromatic N) is 5. The highest BCUT2D eigenvalue weighted by Crippen LogP contribution is 2.33. The molecule has 1 N–H and O–H groups in total. The number of phenolic OH excluding ortho intramolecular Hbond substituents is 1. The molecule has 0 aliphatic carbocycles. The third kappa shape index (κ3) is 5.29. The highest BCUT2D eigenvalue weighted by Gasteiger charge is 2.41. The first-order valence-electron chi connectivity index (χ1n) is 13.3. The molecule has 0 saturated carbocycles. The van der Waals surface area contributed by atoms with Crippen molar-refractivity contribution in [1.82, 2.24) is 20.1 Å². The number of rotatable bonds is 8. The summed E-state index contributed by atoms with van der Waals surface area (Å²) in [7, 11) is 0. The van der Waals surface area contributed by atoms with Crippen molar-refractivity contribution in [3.05, 3.63) is 83.4 Å². The Morgan fingerprint density at radius 2 is 1.74 bits per heavy atom. The molecule has 2 saturated heterocycles. The van der Waals surface area contributed by atoms with E-state index in [1.54, 1.807) is 42.5 Å². The Hall–Kier alpha value is -4.42. The molecule has 0 spiro atoms. The maximum atomic E-state index is 13.3. The number of aromatic nitrogens is 2. The molecule has 3 aromatic carbocycles. The van der Waals surface area contributed by atoms with Gasteiger partial charge in [-0.1, -0.05) is 12.1 Å². The topological polar surface area (TPSA) is 116 Å². The molecule has 4 aromatic rings. The van der Waals surface area contributed by atoms with Gasteiger partial charge in [0.1, 0.15) is 28.6 Å². The van der Waals surface area contributed by atoms with E-state index in [0.717, 1.165) is 37.8 Å². The van der Waals surface area contributed by atoms with Crippen molar-refractivity contribution in [1.29, 1.82) is 5.26 Å². The van der Waals surface area contributed by atoms with Crippen LogP contribution in [-0.4, -0.2) is 62.8 Å². The number of piperazine rings is 1. The van der Waals surface area contributed by atoms with Crippen molar-refractivity contribution in [2.45, 2.75) is 43.9 Å². The quantitative estimate of drug-likeness (QED) is 0.354. The number of aromatic hydroxyl groups is 1. The predicted molar refractivity (Wildman–Crippen MR) is 143 cm³/mol. The maximum Gasteiger partial charge on any atom is 0.254 e. The minimum Gasteiger partial charge on any atom is -0.508 e. The van der Waals surface area contributed by atoms with E-state index in [-0.39, 0.29) is 17.8 Å². The number of ether oxygens (including phenoxy) is 1. The number of fused-ring (bicyclic) bond motifs is 3. The van der Waals surface area contributed by atoms with Crippen molar-refractivity contribution in [3.8, 4) is 17.6 Å². The van der Waals surface area contributed by atoms with Crippen LogP contribution in [-0.2, 0) is 0 Å². The smallest absolute Gasteiger partial charge is 0.254 e. The lowest BCUT2D eigenvalue weighted by Crippen LogP contribution is -2.55. The zero-order valence-corrected chi connectivity index (χ0v) is 21.4. The molecule has 1 aromatic heterocycles. The zero-order chi connectivity index (χ0) is 26.8. The molecule has 1 amide bonds. The van der Waals surface area contributed by atoms with Gasteiger partial charge in [0, 0.05) is 30.7 Å². The molecule has 9 nitrogen and oxygen atoms in total. The standard InChI is InChI=1S/C30H29N5O4/c31-17-20-3-5-21(6-4-20)29(38-26-12-10-25(36)11-13-26)2-1-15-35-23-8-9-24(35)19-34(18-23)30(37)22-7-14-27-28(16-22)33-39-32-27/h3-7,10-14,16,23-24,29,36H,1-2,8-9,15,18-19H2. The van der Waals surface area contributed by atoms with E-state index >= 15 is 0 Å². The van der Waals surface area contributed by atoms with Gasteiger partial charge in [-0.15, -0.1) is 0 Å². The lowest BCUT2D eigenvalue weighted by atomic mass is 10.0. The highest BCUT2D eigenvalue weighted by atomic mass is 16.6. The third-order valence-corrected chi connectivity index (χ3v) is 7.83. The molecule has 2 aliphatic heterocycles. The Bertz CT molecular complexity index is 1480. The van der Waals surface area contributed by atoms with Gasteiger partial charge in [-0.05, 0) is 103 Å². The van der Waals surface area contributed by atoms with Gasteiger partial charge in [-0.3, -0.25) is 9.69 Å². The van der Waals surface area contributed by atoms with E-state index in [0.29, 0.717) is 53.1 Å². The third-order valence-electron chi connectivity index (χ3n) is 7.83. The SMILES string of the molecule is N#Cc1ccc(C(CCCN2C3CCC2CN(C(=O)c2ccc4nonc4c2)C3)Oc2ccc(O)cc2)cc1. The summed E-state index contributed by atoms with van der Waals surface area (Å²) in [5.74, 6) is 0.912. The molecule has 2 aliphatic rings. The number of likely N-dealkylation sites (tertiary alicyclic amines) is 1. The van der Waals surface area contributed by atoms with Crippen molar-refractivity contribution >= 4 is 16.9 Å². The Morgan fingerprint density at radius 1 is 1.03 bits per heavy atom. The monoisotopic (exact) mass is 523 g/mol. The van der Waals surface area contributed by atoms with Crippen molar-refractivity contribution in [2.24, 2.45) is 0 Å². The Kier molecular flexibility index (Phi) is 6.86. The van der Waals surface area contributed by atoms with Crippen LogP contribution in [0.25, 0.3) is 11.0 Å². The fraction of sp³-hybridized carbons (Fsp3) is 0.333. The molecule has 2 bridgehead atoms. The molecule has 0 radical (unpaired) electrons. The number of amides is 1. The summed E-state index contributed by atoms with van der Waals surface area (Å²) in [5.41, 5.74) is 3.48. The second-order valence-electron chi connectivity index (χ2n) is 10.3. The van der Waals surface area contributed by atoms with Crippen LogP contribution in [0.5, 0.6) is 11.5 Å². The molecule has 9 heteroatoms. The summed E-state index contributed by atoms with van der Waals surface area (Å²) in [6.07, 6.45) is 3.73. The molecule has 39 heavy (non-hydrogen) atoms. The summed E-state index contributed by atoms with van der Waals surface area (Å²) < 4.78 is 11.1. The molecular formula is C30H29N5O4. The minimum absolute atomic E-state index is 0.0274. The van der Waals surface area contributed by atoms with Crippen LogP contribution in [0.3, 0.4) is 0 Å². The Balaban J connectivity index is 1.09. The van der Waals surface area contributed by atoms with E-state index in [9.17, 15) is 15.2 Å². The van der Waals surface area contributed by atoms with Gasteiger partial charge in [0.05, 0.1) is 11.6 Å². The largest absolute Gasteiger partial charge is 0.508 e. The number of benzene rings is 3. The summed E-state index contributed by atoms with van der Waals surface area (Å²) in [6, 6.07) is 22.5. The van der Waals surface area contributed by atoms with Crippen LogP contribution in [0.15, 0.2) is 71.4 Å². The van der Waals surface area contributed by atoms with E-state index in [1.165, 1.54) is 0 Å². The van der Waals surface area contributed by atoms with Crippen LogP contribution in [0.1, 0.15) is 53.3 Å². The van der Waals surface area contributed by atoms with Gasteiger partial charge in [0.15, 0.2) is 0 Å². The summed E-state index contributed by atoms with van der Waals surface area (Å²) in [6.45, 7) is 2.36. The Morgan fingerprint density at radius 3 is 2.46 bits per heavy atom. The number of nitriles is 1. The van der Waals surface area contributed by atoms with Gasteiger partial charge in [-0.25, -0.2) is 4.63 Å². The van der Waals surface area contributed by atoms with E-state index < -0.39 is 0 Å². The molecule has 3 heterocycles. The van der Waals surface area contributed by atoms with Gasteiger partial charge in [0.25, 0.3) is 5.91 Å². The normalized spacial score (nSPS) is 19.6. The summed E-state index contributed by atoms with van der Waals surface area (Å²) in [4.78, 5) is 17.8. The van der Waals surface area contributed by atoms with Crippen LogP contribution in [0.4, 0.5) is 0 Å². The molecule has 198 valence electrons. The van der Waals surface area contributed by atoms with Crippen LogP contribution in [0, 0.1) is 11.3 Å². The first kappa shape index (κ1) is 24.9. The van der Waals surface area contributed by atoms with Gasteiger partial charge >= 0.3 is 0 Å². The predicted octanol–water partition coefficient (Wildman–Crippen LogP) is 4.69. The Labute approximate surface area is 226 Å². The molecular weight excluding hydrogens is 494 g/mol. The lowest BCUT2D eigenvalue weighted by Gasteiger charge is -2.41. The van der Waals surface area contributed by atoms with Crippen LogP contribution < -0.4 is 4.74 Å². The summed E-state index contributed by atoms with van der Waals surface area (Å²) in [5, 5.41) is 26.5. The molecule has 3 atom stereocenters. The minimum atomic E-state index is -0.177. The van der Waals surface area contributed by atoms with Crippen molar-refractivity contribution in [3.63, 3.8) is 0 Å². The van der Waals surface area contributed by atoms with Crippen LogP contribution in [0.2, 0.25) is 0 Å². The molecule has 3 unspecified atom stereocenters. The first-order valence-corrected chi connectivity index (χ1v) is 13.3. The maximum absolute atomic E-state index is 13.3.